The quantitative estimate of drug-likeness (QED) is 0.451. The van der Waals surface area contributed by atoms with Crippen molar-refractivity contribution in [2.75, 3.05) is 17.2 Å². The van der Waals surface area contributed by atoms with Crippen LogP contribution in [0.3, 0.4) is 0 Å². The molecule has 1 heterocycles. The van der Waals surface area contributed by atoms with Gasteiger partial charge in [0.05, 0.1) is 17.4 Å². The van der Waals surface area contributed by atoms with E-state index in [1.54, 1.807) is 12.1 Å². The van der Waals surface area contributed by atoms with E-state index in [0.717, 1.165) is 23.2 Å². The Morgan fingerprint density at radius 1 is 1.21 bits per heavy atom. The molecule has 0 saturated heterocycles. The van der Waals surface area contributed by atoms with Crippen LogP contribution in [0.5, 0.6) is 0 Å². The molecule has 2 aromatic rings. The molecule has 0 spiro atoms. The molecular formula is C22H27N5O. The summed E-state index contributed by atoms with van der Waals surface area (Å²) in [5.74, 6) is 0.0625. The van der Waals surface area contributed by atoms with Crippen molar-refractivity contribution < 1.29 is 4.79 Å². The number of hydrogen-bond donors (Lipinski definition) is 4. The van der Waals surface area contributed by atoms with Crippen molar-refractivity contribution in [3.63, 3.8) is 0 Å². The molecule has 6 nitrogen and oxygen atoms in total. The van der Waals surface area contributed by atoms with E-state index in [-0.39, 0.29) is 5.91 Å². The van der Waals surface area contributed by atoms with Gasteiger partial charge in [-0.15, -0.1) is 0 Å². The van der Waals surface area contributed by atoms with E-state index < -0.39 is 0 Å². The van der Waals surface area contributed by atoms with Crippen molar-refractivity contribution in [1.29, 1.82) is 0 Å². The molecule has 146 valence electrons. The summed E-state index contributed by atoms with van der Waals surface area (Å²) < 4.78 is 0. The third-order valence-corrected chi connectivity index (χ3v) is 4.29. The highest BCUT2D eigenvalue weighted by Crippen LogP contribution is 2.30. The number of hydrogen-bond acceptors (Lipinski definition) is 5. The summed E-state index contributed by atoms with van der Waals surface area (Å²) in [4.78, 5) is 16.7. The minimum Gasteiger partial charge on any atom is -0.398 e. The molecular weight excluding hydrogens is 350 g/mol. The number of amides is 1. The fraction of sp³-hybridized carbons (Fsp3) is 0.182. The third kappa shape index (κ3) is 4.79. The molecule has 7 N–H and O–H groups in total. The molecule has 1 aromatic heterocycles. The van der Waals surface area contributed by atoms with Crippen molar-refractivity contribution in [2.45, 2.75) is 27.2 Å². The number of carbonyl (C=O) groups is 1. The first-order valence-corrected chi connectivity index (χ1v) is 9.00. The van der Waals surface area contributed by atoms with Gasteiger partial charge in [-0.2, -0.15) is 0 Å². The Labute approximate surface area is 165 Å². The standard InChI is InChI=1S/C22H27N5O/c1-5-6-7-8-14(3)27-22(28)18-10-16(9-13(2)21(18)25)15(4)17-11-20(24)26-12-19(17)23/h6-12H,4-5,23,25H2,1-3H3,(H2,24,26)(H,27,28)/b7-6-,14-8+. The van der Waals surface area contributed by atoms with Gasteiger partial charge in [-0.25, -0.2) is 4.98 Å². The monoisotopic (exact) mass is 377 g/mol. The zero-order valence-electron chi connectivity index (χ0n) is 16.5. The van der Waals surface area contributed by atoms with E-state index in [1.165, 1.54) is 6.20 Å². The predicted octanol–water partition coefficient (Wildman–Crippen LogP) is 3.80. The SMILES string of the molecule is C=C(c1cc(C)c(N)c(C(=O)N/C(C)=C/C=C\CC)c1)c1cc(N)ncc1N. The van der Waals surface area contributed by atoms with E-state index in [2.05, 4.69) is 16.9 Å². The molecule has 0 aliphatic rings. The molecule has 0 aliphatic heterocycles. The molecule has 0 radical (unpaired) electrons. The van der Waals surface area contributed by atoms with Gasteiger partial charge in [0.25, 0.3) is 5.91 Å². The van der Waals surface area contributed by atoms with Gasteiger partial charge in [0.2, 0.25) is 0 Å². The Kier molecular flexibility index (Phi) is 6.60. The molecule has 1 amide bonds. The molecule has 0 saturated carbocycles. The van der Waals surface area contributed by atoms with Gasteiger partial charge < -0.3 is 22.5 Å². The molecule has 28 heavy (non-hydrogen) atoms. The summed E-state index contributed by atoms with van der Waals surface area (Å²) in [5, 5.41) is 2.86. The molecule has 0 aliphatic carbocycles. The van der Waals surface area contributed by atoms with Crippen molar-refractivity contribution in [3.8, 4) is 0 Å². The highest BCUT2D eigenvalue weighted by atomic mass is 16.1. The summed E-state index contributed by atoms with van der Waals surface area (Å²) in [6.45, 7) is 9.84. The lowest BCUT2D eigenvalue weighted by Crippen LogP contribution is -2.23. The van der Waals surface area contributed by atoms with E-state index in [4.69, 9.17) is 17.2 Å². The van der Waals surface area contributed by atoms with Crippen molar-refractivity contribution >= 4 is 28.7 Å². The summed E-state index contributed by atoms with van der Waals surface area (Å²) in [7, 11) is 0. The number of carbonyl (C=O) groups excluding carboxylic acids is 1. The van der Waals surface area contributed by atoms with Gasteiger partial charge in [-0.05, 0) is 61.2 Å². The summed E-state index contributed by atoms with van der Waals surface area (Å²) in [6.07, 6.45) is 8.17. The number of nitrogen functional groups attached to an aromatic ring is 3. The first kappa shape index (κ1) is 20.8. The largest absolute Gasteiger partial charge is 0.398 e. The van der Waals surface area contributed by atoms with Crippen LogP contribution >= 0.6 is 0 Å². The fourth-order valence-corrected chi connectivity index (χ4v) is 2.70. The van der Waals surface area contributed by atoms with Crippen molar-refractivity contribution in [2.24, 2.45) is 0 Å². The van der Waals surface area contributed by atoms with Crippen LogP contribution in [0.1, 0.15) is 47.3 Å². The normalized spacial score (nSPS) is 11.6. The van der Waals surface area contributed by atoms with Crippen LogP contribution in [0.2, 0.25) is 0 Å². The molecule has 0 atom stereocenters. The lowest BCUT2D eigenvalue weighted by atomic mass is 9.94. The van der Waals surface area contributed by atoms with Gasteiger partial charge in [0.1, 0.15) is 5.82 Å². The first-order chi connectivity index (χ1) is 13.2. The van der Waals surface area contributed by atoms with Crippen LogP contribution < -0.4 is 22.5 Å². The molecule has 0 bridgehead atoms. The maximum absolute atomic E-state index is 12.8. The number of aromatic nitrogens is 1. The first-order valence-electron chi connectivity index (χ1n) is 9.00. The number of allylic oxidation sites excluding steroid dienone is 4. The fourth-order valence-electron chi connectivity index (χ4n) is 2.70. The second kappa shape index (κ2) is 8.90. The zero-order valence-corrected chi connectivity index (χ0v) is 16.5. The number of aryl methyl sites for hydroxylation is 1. The average molecular weight is 377 g/mol. The lowest BCUT2D eigenvalue weighted by molar-refractivity contribution is 0.0966. The molecule has 0 unspecified atom stereocenters. The Morgan fingerprint density at radius 2 is 1.93 bits per heavy atom. The van der Waals surface area contributed by atoms with Crippen LogP contribution in [0.25, 0.3) is 5.57 Å². The summed E-state index contributed by atoms with van der Waals surface area (Å²) in [6, 6.07) is 5.25. The number of nitrogens with zero attached hydrogens (tertiary/aromatic N) is 1. The van der Waals surface area contributed by atoms with E-state index >= 15 is 0 Å². The van der Waals surface area contributed by atoms with Crippen LogP contribution in [0.4, 0.5) is 17.2 Å². The number of pyridine rings is 1. The minimum atomic E-state index is -0.281. The van der Waals surface area contributed by atoms with Crippen LogP contribution in [-0.2, 0) is 0 Å². The Hall–Kier alpha value is -3.54. The Morgan fingerprint density at radius 3 is 2.61 bits per heavy atom. The number of anilines is 3. The predicted molar refractivity (Wildman–Crippen MR) is 117 cm³/mol. The van der Waals surface area contributed by atoms with E-state index in [1.807, 2.05) is 45.1 Å². The maximum Gasteiger partial charge on any atom is 0.257 e. The third-order valence-electron chi connectivity index (χ3n) is 4.29. The molecule has 2 rings (SSSR count). The number of rotatable bonds is 6. The lowest BCUT2D eigenvalue weighted by Gasteiger charge is -2.15. The Balaban J connectivity index is 2.40. The molecule has 0 fully saturated rings. The second-order valence-corrected chi connectivity index (χ2v) is 6.57. The highest BCUT2D eigenvalue weighted by Gasteiger charge is 2.16. The average Bonchev–Trinajstić information content (AvgIpc) is 2.65. The second-order valence-electron chi connectivity index (χ2n) is 6.57. The van der Waals surface area contributed by atoms with Crippen LogP contribution in [-0.4, -0.2) is 10.9 Å². The summed E-state index contributed by atoms with van der Waals surface area (Å²) in [5.41, 5.74) is 22.8. The smallest absolute Gasteiger partial charge is 0.257 e. The topological polar surface area (TPSA) is 120 Å². The van der Waals surface area contributed by atoms with Crippen molar-refractivity contribution in [3.05, 3.63) is 77.2 Å². The Bertz CT molecular complexity index is 973. The maximum atomic E-state index is 12.8. The van der Waals surface area contributed by atoms with Crippen LogP contribution in [0.15, 0.2) is 54.9 Å². The highest BCUT2D eigenvalue weighted by molar-refractivity contribution is 6.02. The number of benzene rings is 1. The van der Waals surface area contributed by atoms with E-state index in [9.17, 15) is 4.79 Å². The van der Waals surface area contributed by atoms with Crippen molar-refractivity contribution in [1.82, 2.24) is 10.3 Å². The minimum absolute atomic E-state index is 0.281. The zero-order chi connectivity index (χ0) is 20.8. The van der Waals surface area contributed by atoms with Gasteiger partial charge in [0.15, 0.2) is 0 Å². The number of nitrogens with two attached hydrogens (primary N) is 3. The van der Waals surface area contributed by atoms with Crippen LogP contribution in [0, 0.1) is 6.92 Å². The summed E-state index contributed by atoms with van der Waals surface area (Å²) >= 11 is 0. The molecule has 6 heteroatoms. The number of nitrogens with one attached hydrogen (secondary N) is 1. The van der Waals surface area contributed by atoms with Gasteiger partial charge in [0, 0.05) is 16.9 Å². The van der Waals surface area contributed by atoms with Gasteiger partial charge in [-0.1, -0.05) is 25.7 Å². The van der Waals surface area contributed by atoms with Gasteiger partial charge >= 0.3 is 0 Å². The molecule has 1 aromatic carbocycles. The van der Waals surface area contributed by atoms with E-state index in [0.29, 0.717) is 33.9 Å². The van der Waals surface area contributed by atoms with Gasteiger partial charge in [-0.3, -0.25) is 4.79 Å².